The Morgan fingerprint density at radius 1 is 1.07 bits per heavy atom. The van der Waals surface area contributed by atoms with Crippen molar-refractivity contribution in [1.29, 1.82) is 5.26 Å². The molecular weight excluding hydrogens is 411 g/mol. The quantitative estimate of drug-likeness (QED) is 0.436. The number of benzene rings is 2. The minimum absolute atomic E-state index is 0.252. The number of fused-ring (bicyclic) bond motifs is 1. The van der Waals surface area contributed by atoms with Crippen LogP contribution in [0, 0.1) is 18.3 Å². The Labute approximate surface area is 176 Å². The Kier molecular flexibility index (Phi) is 5.26. The van der Waals surface area contributed by atoms with E-state index in [4.69, 9.17) is 37.9 Å². The number of hydrogen-bond acceptors (Lipinski definition) is 5. The molecule has 2 aromatic heterocycles. The lowest BCUT2D eigenvalue weighted by Gasteiger charge is -2.11. The zero-order valence-electron chi connectivity index (χ0n) is 15.2. The van der Waals surface area contributed by atoms with Crippen molar-refractivity contribution in [2.24, 2.45) is 0 Å². The molecule has 6 nitrogen and oxygen atoms in total. The Bertz CT molecular complexity index is 1250. The number of halogens is 2. The molecule has 0 bridgehead atoms. The lowest BCUT2D eigenvalue weighted by molar-refractivity contribution is 0.301. The van der Waals surface area contributed by atoms with Gasteiger partial charge in [-0.1, -0.05) is 23.2 Å². The minimum atomic E-state index is 0.252. The van der Waals surface area contributed by atoms with Gasteiger partial charge < -0.3 is 9.47 Å². The van der Waals surface area contributed by atoms with Gasteiger partial charge in [-0.2, -0.15) is 10.4 Å². The zero-order chi connectivity index (χ0) is 20.4. The molecule has 0 radical (unpaired) electrons. The number of ether oxygens (including phenoxy) is 2. The molecule has 2 heterocycles. The highest BCUT2D eigenvalue weighted by atomic mass is 35.5. The summed E-state index contributed by atoms with van der Waals surface area (Å²) in [5, 5.41) is 18.0. The third-order valence-electron chi connectivity index (χ3n) is 4.15. The van der Waals surface area contributed by atoms with Crippen molar-refractivity contribution < 1.29 is 9.47 Å². The average Bonchev–Trinajstić information content (AvgIpc) is 3.10. The fourth-order valence-corrected chi connectivity index (χ4v) is 3.16. The van der Waals surface area contributed by atoms with Crippen LogP contribution in [-0.4, -0.2) is 15.2 Å². The summed E-state index contributed by atoms with van der Waals surface area (Å²) in [6.45, 7) is 2.17. The van der Waals surface area contributed by atoms with E-state index in [2.05, 4.69) is 15.2 Å². The number of aromatic nitrogens is 3. The second kappa shape index (κ2) is 8.00. The molecule has 4 aromatic rings. The molecule has 0 fully saturated rings. The van der Waals surface area contributed by atoms with E-state index in [0.717, 1.165) is 22.4 Å². The molecule has 0 unspecified atom stereocenters. The van der Waals surface area contributed by atoms with Crippen molar-refractivity contribution in [2.45, 2.75) is 13.5 Å². The summed E-state index contributed by atoms with van der Waals surface area (Å²) >= 11 is 12.3. The minimum Gasteiger partial charge on any atom is -0.487 e. The average molecular weight is 425 g/mol. The number of nitrogens with zero attached hydrogens (tertiary/aromatic N) is 3. The van der Waals surface area contributed by atoms with Crippen molar-refractivity contribution in [3.63, 3.8) is 0 Å². The van der Waals surface area contributed by atoms with E-state index < -0.39 is 0 Å². The van der Waals surface area contributed by atoms with E-state index in [-0.39, 0.29) is 6.61 Å². The van der Waals surface area contributed by atoms with Crippen molar-refractivity contribution >= 4 is 34.2 Å². The normalized spacial score (nSPS) is 10.7. The third-order valence-corrected chi connectivity index (χ3v) is 4.68. The van der Waals surface area contributed by atoms with Gasteiger partial charge in [0.25, 0.3) is 0 Å². The molecule has 1 N–H and O–H groups in total. The van der Waals surface area contributed by atoms with Crippen molar-refractivity contribution in [3.05, 3.63) is 75.5 Å². The van der Waals surface area contributed by atoms with Crippen LogP contribution in [-0.2, 0) is 6.61 Å². The summed E-state index contributed by atoms with van der Waals surface area (Å²) in [7, 11) is 0. The molecular formula is C21H14Cl2N4O2. The second-order valence-electron chi connectivity index (χ2n) is 6.29. The largest absolute Gasteiger partial charge is 0.487 e. The first-order valence-corrected chi connectivity index (χ1v) is 9.39. The smallest absolute Gasteiger partial charge is 0.155 e. The van der Waals surface area contributed by atoms with Gasteiger partial charge >= 0.3 is 0 Å². The van der Waals surface area contributed by atoms with Crippen LogP contribution in [0.25, 0.3) is 11.0 Å². The summed E-state index contributed by atoms with van der Waals surface area (Å²) < 4.78 is 11.7. The summed E-state index contributed by atoms with van der Waals surface area (Å²) in [6.07, 6.45) is 0. The third kappa shape index (κ3) is 4.27. The molecule has 8 heteroatoms. The Morgan fingerprint density at radius 3 is 2.76 bits per heavy atom. The predicted octanol–water partition coefficient (Wildman–Crippen LogP) is 5.82. The SMILES string of the molecule is Cc1ccc2c(COc3ccc(Cl)c(Oc4cc(Cl)cc(C#N)c4)c3)n[nH]c2n1. The first kappa shape index (κ1) is 19.1. The first-order chi connectivity index (χ1) is 14.0. The van der Waals surface area contributed by atoms with Gasteiger partial charge in [0.2, 0.25) is 0 Å². The maximum absolute atomic E-state index is 9.08. The van der Waals surface area contributed by atoms with E-state index in [1.54, 1.807) is 36.4 Å². The van der Waals surface area contributed by atoms with Gasteiger partial charge in [-0.25, -0.2) is 4.98 Å². The molecule has 0 saturated carbocycles. The molecule has 144 valence electrons. The Balaban J connectivity index is 1.54. The maximum Gasteiger partial charge on any atom is 0.155 e. The van der Waals surface area contributed by atoms with Gasteiger partial charge in [0.15, 0.2) is 5.65 Å². The van der Waals surface area contributed by atoms with Gasteiger partial charge in [0.05, 0.1) is 16.7 Å². The molecule has 29 heavy (non-hydrogen) atoms. The molecule has 2 aromatic carbocycles. The first-order valence-electron chi connectivity index (χ1n) is 8.63. The van der Waals surface area contributed by atoms with Crippen molar-refractivity contribution in [1.82, 2.24) is 15.2 Å². The lowest BCUT2D eigenvalue weighted by atomic mass is 10.2. The van der Waals surface area contributed by atoms with Gasteiger partial charge in [-0.15, -0.1) is 0 Å². The number of aryl methyl sites for hydroxylation is 1. The van der Waals surface area contributed by atoms with Crippen molar-refractivity contribution in [2.75, 3.05) is 0 Å². The summed E-state index contributed by atoms with van der Waals surface area (Å²) in [5.41, 5.74) is 2.77. The molecule has 0 aliphatic rings. The fourth-order valence-electron chi connectivity index (χ4n) is 2.78. The summed E-state index contributed by atoms with van der Waals surface area (Å²) in [4.78, 5) is 4.40. The van der Waals surface area contributed by atoms with Crippen LogP contribution in [0.1, 0.15) is 17.0 Å². The van der Waals surface area contributed by atoms with E-state index in [1.165, 1.54) is 0 Å². The molecule has 4 rings (SSSR count). The number of rotatable bonds is 5. The number of H-pyrrole nitrogens is 1. The molecule has 0 atom stereocenters. The highest BCUT2D eigenvalue weighted by Gasteiger charge is 2.11. The van der Waals surface area contributed by atoms with Crippen LogP contribution in [0.3, 0.4) is 0 Å². The topological polar surface area (TPSA) is 83.8 Å². The highest BCUT2D eigenvalue weighted by Crippen LogP contribution is 2.34. The monoisotopic (exact) mass is 424 g/mol. The standard InChI is InChI=1S/C21H14Cl2N4O2/c1-12-2-4-17-19(26-27-21(17)25-12)11-28-15-3-5-18(23)20(9-15)29-16-7-13(10-24)6-14(22)8-16/h2-9H,11H2,1H3,(H,25,26,27). The van der Waals surface area contributed by atoms with Gasteiger partial charge in [-0.3, -0.25) is 5.10 Å². The van der Waals surface area contributed by atoms with Crippen LogP contribution in [0.15, 0.2) is 48.5 Å². The van der Waals surface area contributed by atoms with Gasteiger partial charge in [0.1, 0.15) is 29.5 Å². The number of nitriles is 1. The fraction of sp³-hybridized carbons (Fsp3) is 0.0952. The van der Waals surface area contributed by atoms with E-state index in [1.807, 2.05) is 25.1 Å². The van der Waals surface area contributed by atoms with Crippen LogP contribution in [0.2, 0.25) is 10.0 Å². The molecule has 0 aliphatic heterocycles. The highest BCUT2D eigenvalue weighted by molar-refractivity contribution is 6.32. The van der Waals surface area contributed by atoms with E-state index >= 15 is 0 Å². The zero-order valence-corrected chi connectivity index (χ0v) is 16.8. The number of nitrogens with one attached hydrogen (secondary N) is 1. The number of pyridine rings is 1. The Morgan fingerprint density at radius 2 is 1.93 bits per heavy atom. The van der Waals surface area contributed by atoms with E-state index in [9.17, 15) is 0 Å². The van der Waals surface area contributed by atoms with Crippen LogP contribution < -0.4 is 9.47 Å². The Hall–Kier alpha value is -3.27. The van der Waals surface area contributed by atoms with Crippen molar-refractivity contribution in [3.8, 4) is 23.3 Å². The molecule has 0 spiro atoms. The second-order valence-corrected chi connectivity index (χ2v) is 7.13. The van der Waals surface area contributed by atoms with E-state index in [0.29, 0.717) is 32.9 Å². The van der Waals surface area contributed by atoms with Gasteiger partial charge in [0, 0.05) is 22.2 Å². The predicted molar refractivity (Wildman–Crippen MR) is 111 cm³/mol. The lowest BCUT2D eigenvalue weighted by Crippen LogP contribution is -1.97. The van der Waals surface area contributed by atoms with Crippen LogP contribution in [0.4, 0.5) is 0 Å². The number of aromatic amines is 1. The number of hydrogen-bond donors (Lipinski definition) is 1. The van der Waals surface area contributed by atoms with Crippen LogP contribution in [0.5, 0.6) is 17.2 Å². The molecule has 0 aliphatic carbocycles. The summed E-state index contributed by atoms with van der Waals surface area (Å²) in [6, 6.07) is 15.8. The molecule has 0 amide bonds. The molecule has 0 saturated heterocycles. The van der Waals surface area contributed by atoms with Gasteiger partial charge in [-0.05, 0) is 49.4 Å². The summed E-state index contributed by atoms with van der Waals surface area (Å²) in [5.74, 6) is 1.36. The van der Waals surface area contributed by atoms with Crippen LogP contribution >= 0.6 is 23.2 Å². The maximum atomic E-state index is 9.08.